The molecule has 0 radical (unpaired) electrons. The van der Waals surface area contributed by atoms with Gasteiger partial charge in [0, 0.05) is 5.69 Å². The predicted molar refractivity (Wildman–Crippen MR) is 111 cm³/mol. The standard InChI is InChI=1S/C24H24N2O/c1-16-9-8-10-17(2)23(16)25-22(27)15-26(3)24-20-13-6-4-11-18(20)19-12-5-7-14-21(19)24/h4-14,24H,15H2,1-3H3,(H,25,27). The molecule has 3 nitrogen and oxygen atoms in total. The highest BCUT2D eigenvalue weighted by atomic mass is 16.2. The molecule has 0 saturated carbocycles. The van der Waals surface area contributed by atoms with E-state index in [4.69, 9.17) is 0 Å². The summed E-state index contributed by atoms with van der Waals surface area (Å²) in [5.74, 6) is 0.0109. The highest BCUT2D eigenvalue weighted by molar-refractivity contribution is 5.94. The van der Waals surface area contributed by atoms with Gasteiger partial charge in [0.05, 0.1) is 12.6 Å². The number of carbonyl (C=O) groups excluding carboxylic acids is 1. The Morgan fingerprint density at radius 1 is 0.852 bits per heavy atom. The maximum atomic E-state index is 12.8. The fourth-order valence-corrected chi connectivity index (χ4v) is 4.11. The van der Waals surface area contributed by atoms with E-state index in [2.05, 4.69) is 58.7 Å². The average molecular weight is 356 g/mol. The third-order valence-electron chi connectivity index (χ3n) is 5.38. The smallest absolute Gasteiger partial charge is 0.238 e. The number of para-hydroxylation sites is 1. The highest BCUT2D eigenvalue weighted by Gasteiger charge is 2.31. The first kappa shape index (κ1) is 17.5. The number of hydrogen-bond acceptors (Lipinski definition) is 2. The van der Waals surface area contributed by atoms with Crippen LogP contribution in [0, 0.1) is 13.8 Å². The minimum Gasteiger partial charge on any atom is -0.324 e. The second-order valence-electron chi connectivity index (χ2n) is 7.31. The summed E-state index contributed by atoms with van der Waals surface area (Å²) in [6, 6.07) is 23.1. The molecule has 0 aliphatic heterocycles. The van der Waals surface area contributed by atoms with Gasteiger partial charge < -0.3 is 5.32 Å². The molecule has 4 rings (SSSR count). The van der Waals surface area contributed by atoms with Crippen molar-refractivity contribution in [3.63, 3.8) is 0 Å². The Kier molecular flexibility index (Phi) is 4.54. The van der Waals surface area contributed by atoms with Gasteiger partial charge in [-0.15, -0.1) is 0 Å². The van der Waals surface area contributed by atoms with Crippen LogP contribution in [0.3, 0.4) is 0 Å². The van der Waals surface area contributed by atoms with Crippen molar-refractivity contribution in [1.82, 2.24) is 4.90 Å². The predicted octanol–water partition coefficient (Wildman–Crippen LogP) is 4.94. The molecule has 0 bridgehead atoms. The van der Waals surface area contributed by atoms with Crippen LogP contribution in [0.25, 0.3) is 11.1 Å². The Labute approximate surface area is 160 Å². The molecular formula is C24H24N2O. The van der Waals surface area contributed by atoms with E-state index in [1.54, 1.807) is 0 Å². The zero-order valence-corrected chi connectivity index (χ0v) is 16.0. The first-order valence-corrected chi connectivity index (χ1v) is 9.31. The first-order chi connectivity index (χ1) is 13.1. The summed E-state index contributed by atoms with van der Waals surface area (Å²) in [5.41, 5.74) is 8.15. The maximum absolute atomic E-state index is 12.8. The lowest BCUT2D eigenvalue weighted by atomic mass is 10.0. The van der Waals surface area contributed by atoms with Crippen LogP contribution in [0.15, 0.2) is 66.7 Å². The van der Waals surface area contributed by atoms with Gasteiger partial charge in [-0.3, -0.25) is 9.69 Å². The van der Waals surface area contributed by atoms with Crippen molar-refractivity contribution in [3.8, 4) is 11.1 Å². The van der Waals surface area contributed by atoms with E-state index < -0.39 is 0 Å². The van der Waals surface area contributed by atoms with Crippen molar-refractivity contribution in [3.05, 3.63) is 89.0 Å². The van der Waals surface area contributed by atoms with Gasteiger partial charge in [0.2, 0.25) is 5.91 Å². The number of nitrogens with zero attached hydrogens (tertiary/aromatic N) is 1. The zero-order chi connectivity index (χ0) is 19.0. The number of likely N-dealkylation sites (N-methyl/N-ethyl adjacent to an activating group) is 1. The molecule has 1 aliphatic rings. The number of fused-ring (bicyclic) bond motifs is 3. The van der Waals surface area contributed by atoms with Gasteiger partial charge in [-0.1, -0.05) is 66.7 Å². The molecule has 0 aromatic heterocycles. The van der Waals surface area contributed by atoms with Gasteiger partial charge in [0.25, 0.3) is 0 Å². The van der Waals surface area contributed by atoms with Crippen LogP contribution in [0.2, 0.25) is 0 Å². The maximum Gasteiger partial charge on any atom is 0.238 e. The molecule has 1 aliphatic carbocycles. The number of nitrogens with one attached hydrogen (secondary N) is 1. The molecular weight excluding hydrogens is 332 g/mol. The van der Waals surface area contributed by atoms with Crippen LogP contribution in [-0.4, -0.2) is 24.4 Å². The fraction of sp³-hybridized carbons (Fsp3) is 0.208. The summed E-state index contributed by atoms with van der Waals surface area (Å²) in [6.07, 6.45) is 0. The topological polar surface area (TPSA) is 32.3 Å². The lowest BCUT2D eigenvalue weighted by Crippen LogP contribution is -2.33. The Hall–Kier alpha value is -2.91. The van der Waals surface area contributed by atoms with Crippen molar-refractivity contribution >= 4 is 11.6 Å². The van der Waals surface area contributed by atoms with E-state index >= 15 is 0 Å². The van der Waals surface area contributed by atoms with Crippen LogP contribution >= 0.6 is 0 Å². The number of rotatable bonds is 4. The molecule has 0 saturated heterocycles. The Balaban J connectivity index is 1.58. The van der Waals surface area contributed by atoms with E-state index in [1.165, 1.54) is 22.3 Å². The number of benzene rings is 3. The minimum absolute atomic E-state index is 0.0109. The largest absolute Gasteiger partial charge is 0.324 e. The molecule has 1 amide bonds. The number of carbonyl (C=O) groups is 1. The van der Waals surface area contributed by atoms with E-state index in [1.807, 2.05) is 39.1 Å². The molecule has 3 heteroatoms. The van der Waals surface area contributed by atoms with Crippen LogP contribution in [0.4, 0.5) is 5.69 Å². The molecule has 3 aromatic carbocycles. The Morgan fingerprint density at radius 2 is 1.37 bits per heavy atom. The van der Waals surface area contributed by atoms with Crippen LogP contribution in [0.1, 0.15) is 28.3 Å². The number of anilines is 1. The second kappa shape index (κ2) is 7.01. The molecule has 0 heterocycles. The molecule has 0 atom stereocenters. The van der Waals surface area contributed by atoms with Crippen molar-refractivity contribution in [2.45, 2.75) is 19.9 Å². The van der Waals surface area contributed by atoms with E-state index in [0.717, 1.165) is 16.8 Å². The summed E-state index contributed by atoms with van der Waals surface area (Å²) in [5, 5.41) is 3.10. The summed E-state index contributed by atoms with van der Waals surface area (Å²) >= 11 is 0. The average Bonchev–Trinajstić information content (AvgIpc) is 2.99. The number of hydrogen-bond donors (Lipinski definition) is 1. The fourth-order valence-electron chi connectivity index (χ4n) is 4.11. The molecule has 27 heavy (non-hydrogen) atoms. The van der Waals surface area contributed by atoms with Gasteiger partial charge >= 0.3 is 0 Å². The van der Waals surface area contributed by atoms with Gasteiger partial charge in [0.15, 0.2) is 0 Å². The van der Waals surface area contributed by atoms with Gasteiger partial charge in [-0.05, 0) is 54.3 Å². The zero-order valence-electron chi connectivity index (χ0n) is 16.0. The van der Waals surface area contributed by atoms with E-state index in [0.29, 0.717) is 6.54 Å². The normalized spacial score (nSPS) is 12.7. The summed E-state index contributed by atoms with van der Waals surface area (Å²) in [7, 11) is 2.02. The molecule has 0 fully saturated rings. The number of amides is 1. The van der Waals surface area contributed by atoms with Crippen molar-refractivity contribution in [2.24, 2.45) is 0 Å². The first-order valence-electron chi connectivity index (χ1n) is 9.31. The highest BCUT2D eigenvalue weighted by Crippen LogP contribution is 2.45. The summed E-state index contributed by atoms with van der Waals surface area (Å²) in [6.45, 7) is 4.38. The Morgan fingerprint density at radius 3 is 1.93 bits per heavy atom. The van der Waals surface area contributed by atoms with Crippen molar-refractivity contribution in [1.29, 1.82) is 0 Å². The molecule has 0 unspecified atom stereocenters. The molecule has 1 N–H and O–H groups in total. The van der Waals surface area contributed by atoms with Crippen LogP contribution < -0.4 is 5.32 Å². The van der Waals surface area contributed by atoms with Gasteiger partial charge in [-0.25, -0.2) is 0 Å². The van der Waals surface area contributed by atoms with E-state index in [-0.39, 0.29) is 11.9 Å². The van der Waals surface area contributed by atoms with Crippen molar-refractivity contribution < 1.29 is 4.79 Å². The molecule has 136 valence electrons. The SMILES string of the molecule is Cc1cccc(C)c1NC(=O)CN(C)C1c2ccccc2-c2ccccc21. The molecule has 0 spiro atoms. The third kappa shape index (κ3) is 3.15. The van der Waals surface area contributed by atoms with Gasteiger partial charge in [0.1, 0.15) is 0 Å². The lowest BCUT2D eigenvalue weighted by molar-refractivity contribution is -0.117. The minimum atomic E-state index is 0.0109. The van der Waals surface area contributed by atoms with Gasteiger partial charge in [-0.2, -0.15) is 0 Å². The Bertz CT molecular complexity index is 943. The second-order valence-corrected chi connectivity index (χ2v) is 7.31. The third-order valence-corrected chi connectivity index (χ3v) is 5.38. The summed E-state index contributed by atoms with van der Waals surface area (Å²) < 4.78 is 0. The quantitative estimate of drug-likeness (QED) is 0.718. The number of aryl methyl sites for hydroxylation is 2. The van der Waals surface area contributed by atoms with Crippen LogP contribution in [0.5, 0.6) is 0 Å². The molecule has 3 aromatic rings. The summed E-state index contributed by atoms with van der Waals surface area (Å²) in [4.78, 5) is 14.9. The lowest BCUT2D eigenvalue weighted by Gasteiger charge is -2.26. The van der Waals surface area contributed by atoms with Crippen LogP contribution in [-0.2, 0) is 4.79 Å². The van der Waals surface area contributed by atoms with E-state index in [9.17, 15) is 4.79 Å². The van der Waals surface area contributed by atoms with Crippen molar-refractivity contribution in [2.75, 3.05) is 18.9 Å². The monoisotopic (exact) mass is 356 g/mol.